The zero-order valence-corrected chi connectivity index (χ0v) is 17.9. The summed E-state index contributed by atoms with van der Waals surface area (Å²) in [7, 11) is 0. The smallest absolute Gasteiger partial charge is 0.414 e. The fraction of sp³-hybridized carbons (Fsp3) is 0.571. The lowest BCUT2D eigenvalue weighted by Gasteiger charge is -2.42. The lowest BCUT2D eigenvalue weighted by molar-refractivity contribution is -0.159. The number of piperazine rings is 1. The Kier molecular flexibility index (Phi) is 9.39. The van der Waals surface area contributed by atoms with Gasteiger partial charge in [0.1, 0.15) is 5.75 Å². The van der Waals surface area contributed by atoms with Gasteiger partial charge in [-0.1, -0.05) is 31.4 Å². The molecule has 1 heterocycles. The quantitative estimate of drug-likeness (QED) is 0.693. The number of carboxylic acid groups (broad SMARTS) is 2. The Labute approximate surface area is 181 Å². The second kappa shape index (κ2) is 11.8. The lowest BCUT2D eigenvalue weighted by atomic mass is 9.86. The Balaban J connectivity index is 0.000000469. The van der Waals surface area contributed by atoms with Gasteiger partial charge in [0.15, 0.2) is 6.61 Å². The monoisotopic (exact) mass is 440 g/mol. The summed E-state index contributed by atoms with van der Waals surface area (Å²) in [5.74, 6) is -2.05. The number of carbonyl (C=O) groups is 3. The maximum Gasteiger partial charge on any atom is 0.414 e. The molecule has 1 saturated heterocycles. The third-order valence-corrected chi connectivity index (χ3v) is 5.70. The van der Waals surface area contributed by atoms with Crippen molar-refractivity contribution in [3.8, 4) is 5.75 Å². The SMILES string of the molecule is CC1CCCC(N2CCN(C(=O)COc3ccc(Cl)cc3)CC2)C1.O=C(O)C(=O)O. The first-order chi connectivity index (χ1) is 14.3. The van der Waals surface area contributed by atoms with Gasteiger partial charge in [0.25, 0.3) is 5.91 Å². The Morgan fingerprint density at radius 2 is 1.63 bits per heavy atom. The molecule has 2 unspecified atom stereocenters. The predicted molar refractivity (Wildman–Crippen MR) is 112 cm³/mol. The molecule has 2 atom stereocenters. The number of hydrogen-bond donors (Lipinski definition) is 2. The second-order valence-electron chi connectivity index (χ2n) is 7.70. The molecular weight excluding hydrogens is 412 g/mol. The highest BCUT2D eigenvalue weighted by Gasteiger charge is 2.28. The number of carboxylic acids is 2. The number of nitrogens with zero attached hydrogens (tertiary/aromatic N) is 2. The highest BCUT2D eigenvalue weighted by molar-refractivity contribution is 6.30. The summed E-state index contributed by atoms with van der Waals surface area (Å²) in [6.45, 7) is 6.07. The minimum atomic E-state index is -1.82. The third kappa shape index (κ3) is 7.84. The Morgan fingerprint density at radius 3 is 2.17 bits per heavy atom. The summed E-state index contributed by atoms with van der Waals surface area (Å²) in [4.78, 5) is 35.0. The van der Waals surface area contributed by atoms with Crippen molar-refractivity contribution in [2.45, 2.75) is 38.6 Å². The van der Waals surface area contributed by atoms with Crippen LogP contribution in [0.4, 0.5) is 0 Å². The maximum atomic E-state index is 12.3. The first-order valence-electron chi connectivity index (χ1n) is 10.1. The van der Waals surface area contributed by atoms with Gasteiger partial charge in [0.2, 0.25) is 0 Å². The minimum absolute atomic E-state index is 0.0709. The molecule has 2 fully saturated rings. The number of ether oxygens (including phenoxy) is 1. The summed E-state index contributed by atoms with van der Waals surface area (Å²) in [6, 6.07) is 7.84. The molecule has 166 valence electrons. The first-order valence-corrected chi connectivity index (χ1v) is 10.5. The van der Waals surface area contributed by atoms with E-state index in [0.29, 0.717) is 10.8 Å². The molecule has 1 aromatic carbocycles. The van der Waals surface area contributed by atoms with E-state index < -0.39 is 11.9 Å². The van der Waals surface area contributed by atoms with E-state index in [0.717, 1.165) is 38.1 Å². The number of halogens is 1. The van der Waals surface area contributed by atoms with Crippen molar-refractivity contribution in [1.82, 2.24) is 9.80 Å². The van der Waals surface area contributed by atoms with Crippen molar-refractivity contribution >= 4 is 29.4 Å². The number of hydrogen-bond acceptors (Lipinski definition) is 5. The van der Waals surface area contributed by atoms with Gasteiger partial charge in [-0.3, -0.25) is 9.69 Å². The predicted octanol–water partition coefficient (Wildman–Crippen LogP) is 2.60. The van der Waals surface area contributed by atoms with Crippen molar-refractivity contribution in [3.63, 3.8) is 0 Å². The van der Waals surface area contributed by atoms with E-state index in [4.69, 9.17) is 36.1 Å². The maximum absolute atomic E-state index is 12.3. The topological polar surface area (TPSA) is 107 Å². The summed E-state index contributed by atoms with van der Waals surface area (Å²) >= 11 is 5.85. The fourth-order valence-corrected chi connectivity index (χ4v) is 3.96. The molecule has 1 aliphatic carbocycles. The van der Waals surface area contributed by atoms with Gasteiger partial charge in [0.05, 0.1) is 0 Å². The van der Waals surface area contributed by atoms with Crippen LogP contribution in [0.1, 0.15) is 32.6 Å². The van der Waals surface area contributed by atoms with Crippen molar-refractivity contribution in [3.05, 3.63) is 29.3 Å². The zero-order valence-electron chi connectivity index (χ0n) is 17.1. The molecular formula is C21H29ClN2O6. The molecule has 9 heteroatoms. The van der Waals surface area contributed by atoms with Gasteiger partial charge in [0, 0.05) is 37.2 Å². The van der Waals surface area contributed by atoms with Crippen LogP contribution in [-0.4, -0.2) is 76.7 Å². The molecule has 8 nitrogen and oxygen atoms in total. The molecule has 1 aromatic rings. The molecule has 1 aliphatic heterocycles. The van der Waals surface area contributed by atoms with Gasteiger partial charge < -0.3 is 19.8 Å². The molecule has 2 aliphatic rings. The molecule has 30 heavy (non-hydrogen) atoms. The summed E-state index contributed by atoms with van der Waals surface area (Å²) in [5.41, 5.74) is 0. The van der Waals surface area contributed by atoms with Crippen LogP contribution >= 0.6 is 11.6 Å². The van der Waals surface area contributed by atoms with Crippen LogP contribution in [0.2, 0.25) is 5.02 Å². The van der Waals surface area contributed by atoms with E-state index >= 15 is 0 Å². The Hall–Kier alpha value is -2.32. The van der Waals surface area contributed by atoms with Crippen molar-refractivity contribution < 1.29 is 29.3 Å². The molecule has 0 bridgehead atoms. The van der Waals surface area contributed by atoms with Gasteiger partial charge in [-0.15, -0.1) is 0 Å². The highest BCUT2D eigenvalue weighted by atomic mass is 35.5. The van der Waals surface area contributed by atoms with Gasteiger partial charge in [-0.25, -0.2) is 9.59 Å². The van der Waals surface area contributed by atoms with E-state index in [2.05, 4.69) is 11.8 Å². The normalized spacial score (nSPS) is 21.9. The van der Waals surface area contributed by atoms with Crippen LogP contribution in [0.15, 0.2) is 24.3 Å². The highest BCUT2D eigenvalue weighted by Crippen LogP contribution is 2.28. The van der Waals surface area contributed by atoms with Crippen LogP contribution in [-0.2, 0) is 14.4 Å². The van der Waals surface area contributed by atoms with E-state index in [1.54, 1.807) is 24.3 Å². The lowest BCUT2D eigenvalue weighted by Crippen LogP contribution is -2.53. The third-order valence-electron chi connectivity index (χ3n) is 5.45. The minimum Gasteiger partial charge on any atom is -0.484 e. The Morgan fingerprint density at radius 1 is 1.03 bits per heavy atom. The van der Waals surface area contributed by atoms with Crippen LogP contribution < -0.4 is 4.74 Å². The summed E-state index contributed by atoms with van der Waals surface area (Å²) in [6.07, 6.45) is 5.35. The van der Waals surface area contributed by atoms with E-state index in [1.807, 2.05) is 4.90 Å². The van der Waals surface area contributed by atoms with Gasteiger partial charge in [-0.05, 0) is 43.0 Å². The number of amides is 1. The van der Waals surface area contributed by atoms with E-state index in [9.17, 15) is 4.79 Å². The van der Waals surface area contributed by atoms with Crippen molar-refractivity contribution in [1.29, 1.82) is 0 Å². The molecule has 0 aromatic heterocycles. The van der Waals surface area contributed by atoms with Crippen molar-refractivity contribution in [2.75, 3.05) is 32.8 Å². The molecule has 0 spiro atoms. The van der Waals surface area contributed by atoms with Crippen LogP contribution in [0, 0.1) is 5.92 Å². The van der Waals surface area contributed by atoms with Crippen LogP contribution in [0.5, 0.6) is 5.75 Å². The van der Waals surface area contributed by atoms with Gasteiger partial charge >= 0.3 is 11.9 Å². The molecule has 1 amide bonds. The second-order valence-corrected chi connectivity index (χ2v) is 8.13. The zero-order chi connectivity index (χ0) is 22.1. The van der Waals surface area contributed by atoms with E-state index in [1.165, 1.54) is 25.7 Å². The van der Waals surface area contributed by atoms with Crippen molar-refractivity contribution in [2.24, 2.45) is 5.92 Å². The molecule has 1 saturated carbocycles. The number of rotatable bonds is 4. The van der Waals surface area contributed by atoms with E-state index in [-0.39, 0.29) is 12.5 Å². The average molecular weight is 441 g/mol. The summed E-state index contributed by atoms with van der Waals surface area (Å²) < 4.78 is 5.57. The number of carbonyl (C=O) groups excluding carboxylic acids is 1. The standard InChI is InChI=1S/C19H27ClN2O2.C2H2O4/c1-15-3-2-4-17(13-15)21-9-11-22(12-10-21)19(23)14-24-18-7-5-16(20)6-8-18;3-1(4)2(5)6/h5-8,15,17H,2-4,9-14H2,1H3;(H,3,4)(H,5,6). The largest absolute Gasteiger partial charge is 0.484 e. The molecule has 2 N–H and O–H groups in total. The first kappa shape index (κ1) is 24.0. The van der Waals surface area contributed by atoms with Crippen LogP contribution in [0.25, 0.3) is 0 Å². The fourth-order valence-electron chi connectivity index (χ4n) is 3.84. The molecule has 3 rings (SSSR count). The Bertz CT molecular complexity index is 707. The van der Waals surface area contributed by atoms with Gasteiger partial charge in [-0.2, -0.15) is 0 Å². The summed E-state index contributed by atoms with van der Waals surface area (Å²) in [5, 5.41) is 15.5. The number of aliphatic carboxylic acids is 2. The molecule has 0 radical (unpaired) electrons. The average Bonchev–Trinajstić information content (AvgIpc) is 2.73. The van der Waals surface area contributed by atoms with Crippen LogP contribution in [0.3, 0.4) is 0 Å². The number of benzene rings is 1.